The van der Waals surface area contributed by atoms with Crippen LogP contribution in [0.3, 0.4) is 0 Å². The molecular formula is C19H29N7O8S. The highest BCUT2D eigenvalue weighted by atomic mass is 32.1. The third kappa shape index (κ3) is 10.9. The highest BCUT2D eigenvalue weighted by Gasteiger charge is 2.30. The van der Waals surface area contributed by atoms with Gasteiger partial charge in [0.05, 0.1) is 12.4 Å². The lowest BCUT2D eigenvalue weighted by molar-refractivity contribution is -0.143. The first kappa shape index (κ1) is 29.4. The summed E-state index contributed by atoms with van der Waals surface area (Å²) in [5.74, 6) is -6.18. The number of carbonyl (C=O) groups is 6. The average molecular weight is 516 g/mol. The molecule has 0 radical (unpaired) electrons. The number of amides is 4. The molecule has 4 amide bonds. The predicted molar refractivity (Wildman–Crippen MR) is 123 cm³/mol. The van der Waals surface area contributed by atoms with E-state index in [9.17, 15) is 33.9 Å². The van der Waals surface area contributed by atoms with Crippen molar-refractivity contribution in [3.8, 4) is 0 Å². The number of thiol groups is 1. The molecule has 35 heavy (non-hydrogen) atoms. The van der Waals surface area contributed by atoms with Crippen LogP contribution in [0.15, 0.2) is 12.5 Å². The highest BCUT2D eigenvalue weighted by Crippen LogP contribution is 2.04. The van der Waals surface area contributed by atoms with E-state index in [0.717, 1.165) is 0 Å². The lowest BCUT2D eigenvalue weighted by Gasteiger charge is -2.24. The Morgan fingerprint density at radius 3 is 2.03 bits per heavy atom. The number of nitrogens with one attached hydrogen (secondary N) is 4. The number of imidazole rings is 1. The summed E-state index contributed by atoms with van der Waals surface area (Å²) in [7, 11) is 0. The molecule has 0 aliphatic rings. The van der Waals surface area contributed by atoms with Crippen molar-refractivity contribution in [3.05, 3.63) is 18.2 Å². The molecule has 0 saturated carbocycles. The zero-order valence-electron chi connectivity index (χ0n) is 18.6. The van der Waals surface area contributed by atoms with Gasteiger partial charge in [-0.25, -0.2) is 9.78 Å². The predicted octanol–water partition coefficient (Wildman–Crippen LogP) is -3.12. The molecule has 1 aromatic heterocycles. The molecule has 194 valence electrons. The second-order valence-corrected chi connectivity index (χ2v) is 7.89. The standard InChI is InChI=1S/C19H29N7O8S/c20-10(5-9-6-22-8-23-9)16(30)26-13(7-35)18(32)24-11(1-3-14(21)27)17(31)25-12(19(33)34)2-4-15(28)29/h6,8,10-13,35H,1-5,7,20H2,(H2,21,27)(H,22,23)(H,24,32)(H,25,31)(H,26,30)(H,28,29)(H,33,34). The van der Waals surface area contributed by atoms with Crippen LogP contribution in [0.5, 0.6) is 0 Å². The van der Waals surface area contributed by atoms with E-state index in [1.807, 2.05) is 0 Å². The largest absolute Gasteiger partial charge is 0.481 e. The smallest absolute Gasteiger partial charge is 0.326 e. The van der Waals surface area contributed by atoms with Crippen LogP contribution in [0.2, 0.25) is 0 Å². The van der Waals surface area contributed by atoms with Gasteiger partial charge < -0.3 is 42.6 Å². The lowest BCUT2D eigenvalue weighted by atomic mass is 10.1. The highest BCUT2D eigenvalue weighted by molar-refractivity contribution is 7.80. The molecule has 0 aromatic carbocycles. The van der Waals surface area contributed by atoms with Gasteiger partial charge in [0, 0.05) is 36.9 Å². The Kier molecular flexibility index (Phi) is 12.2. The van der Waals surface area contributed by atoms with Gasteiger partial charge in [0.15, 0.2) is 0 Å². The van der Waals surface area contributed by atoms with Gasteiger partial charge in [-0.2, -0.15) is 12.6 Å². The Bertz CT molecular complexity index is 911. The number of carboxylic acid groups (broad SMARTS) is 2. The summed E-state index contributed by atoms with van der Waals surface area (Å²) in [6, 6.07) is -5.19. The number of carboxylic acids is 2. The number of hydrogen-bond donors (Lipinski definition) is 9. The summed E-state index contributed by atoms with van der Waals surface area (Å²) in [5.41, 5.74) is 11.6. The van der Waals surface area contributed by atoms with Gasteiger partial charge in [-0.05, 0) is 12.8 Å². The second kappa shape index (κ2) is 14.6. The minimum Gasteiger partial charge on any atom is -0.481 e. The summed E-state index contributed by atoms with van der Waals surface area (Å²) in [5, 5.41) is 24.9. The average Bonchev–Trinajstić information content (AvgIpc) is 3.29. The SMILES string of the molecule is NC(=O)CCC(NC(=O)C(CS)NC(=O)C(N)Cc1cnc[nH]1)C(=O)NC(CCC(=O)O)C(=O)O. The molecule has 1 aromatic rings. The van der Waals surface area contributed by atoms with Crippen LogP contribution in [0.4, 0.5) is 0 Å². The number of aliphatic carboxylic acids is 2. The Labute approximate surface area is 205 Å². The molecule has 0 aliphatic heterocycles. The van der Waals surface area contributed by atoms with Crippen molar-refractivity contribution in [1.82, 2.24) is 25.9 Å². The number of aromatic nitrogens is 2. The van der Waals surface area contributed by atoms with Gasteiger partial charge in [-0.1, -0.05) is 0 Å². The molecule has 0 bridgehead atoms. The van der Waals surface area contributed by atoms with Crippen molar-refractivity contribution in [1.29, 1.82) is 0 Å². The summed E-state index contributed by atoms with van der Waals surface area (Å²) in [6.07, 6.45) is 1.49. The molecule has 0 aliphatic carbocycles. The summed E-state index contributed by atoms with van der Waals surface area (Å²) < 4.78 is 0. The van der Waals surface area contributed by atoms with Gasteiger partial charge >= 0.3 is 11.9 Å². The van der Waals surface area contributed by atoms with Crippen LogP contribution in [-0.4, -0.2) is 85.7 Å². The maximum atomic E-state index is 12.7. The lowest BCUT2D eigenvalue weighted by Crippen LogP contribution is -2.58. The fraction of sp³-hybridized carbons (Fsp3) is 0.526. The first-order valence-corrected chi connectivity index (χ1v) is 11.1. The fourth-order valence-electron chi connectivity index (χ4n) is 2.82. The number of aromatic amines is 1. The normalized spacial score (nSPS) is 14.1. The number of hydrogen-bond acceptors (Lipinski definition) is 9. The van der Waals surface area contributed by atoms with Crippen molar-refractivity contribution in [2.75, 3.05) is 5.75 Å². The van der Waals surface area contributed by atoms with Crippen LogP contribution in [-0.2, 0) is 35.2 Å². The van der Waals surface area contributed by atoms with Crippen molar-refractivity contribution in [3.63, 3.8) is 0 Å². The van der Waals surface area contributed by atoms with Gasteiger partial charge in [-0.15, -0.1) is 0 Å². The first-order valence-electron chi connectivity index (χ1n) is 10.4. The van der Waals surface area contributed by atoms with E-state index in [-0.39, 0.29) is 25.0 Å². The maximum absolute atomic E-state index is 12.7. The number of nitrogens with two attached hydrogens (primary N) is 2. The van der Waals surface area contributed by atoms with E-state index in [0.29, 0.717) is 5.69 Å². The minimum atomic E-state index is -1.55. The van der Waals surface area contributed by atoms with E-state index in [1.165, 1.54) is 12.5 Å². The monoisotopic (exact) mass is 515 g/mol. The Morgan fingerprint density at radius 2 is 1.51 bits per heavy atom. The zero-order valence-corrected chi connectivity index (χ0v) is 19.5. The van der Waals surface area contributed by atoms with Crippen molar-refractivity contribution < 1.29 is 39.0 Å². The molecule has 15 nitrogen and oxygen atoms in total. The Morgan fingerprint density at radius 1 is 0.943 bits per heavy atom. The van der Waals surface area contributed by atoms with E-state index < -0.39 is 72.6 Å². The third-order valence-corrected chi connectivity index (χ3v) is 5.09. The molecule has 4 atom stereocenters. The molecule has 16 heteroatoms. The fourth-order valence-corrected chi connectivity index (χ4v) is 3.08. The summed E-state index contributed by atoms with van der Waals surface area (Å²) in [4.78, 5) is 77.6. The molecule has 0 spiro atoms. The van der Waals surface area contributed by atoms with Crippen LogP contribution >= 0.6 is 12.6 Å². The van der Waals surface area contributed by atoms with Gasteiger partial charge in [-0.3, -0.25) is 24.0 Å². The summed E-state index contributed by atoms with van der Waals surface area (Å²) in [6.45, 7) is 0. The molecule has 4 unspecified atom stereocenters. The maximum Gasteiger partial charge on any atom is 0.326 e. The van der Waals surface area contributed by atoms with E-state index >= 15 is 0 Å². The van der Waals surface area contributed by atoms with Crippen molar-refractivity contribution in [2.45, 2.75) is 56.3 Å². The minimum absolute atomic E-state index is 0.114. The van der Waals surface area contributed by atoms with E-state index in [1.54, 1.807) is 0 Å². The van der Waals surface area contributed by atoms with Gasteiger partial charge in [0.2, 0.25) is 23.6 Å². The molecule has 1 heterocycles. The molecule has 0 saturated heterocycles. The topological polar surface area (TPSA) is 260 Å². The van der Waals surface area contributed by atoms with Gasteiger partial charge in [0.25, 0.3) is 0 Å². The molecule has 0 fully saturated rings. The third-order valence-electron chi connectivity index (χ3n) is 4.72. The van der Waals surface area contributed by atoms with Crippen LogP contribution < -0.4 is 27.4 Å². The van der Waals surface area contributed by atoms with Crippen LogP contribution in [0.1, 0.15) is 31.4 Å². The van der Waals surface area contributed by atoms with E-state index in [2.05, 4.69) is 38.5 Å². The number of nitrogens with zero attached hydrogens (tertiary/aromatic N) is 1. The Balaban J connectivity index is 2.85. The van der Waals surface area contributed by atoms with Crippen molar-refractivity contribution >= 4 is 48.2 Å². The Hall–Kier alpha value is -3.66. The number of H-pyrrole nitrogens is 1. The summed E-state index contributed by atoms with van der Waals surface area (Å²) >= 11 is 4.03. The van der Waals surface area contributed by atoms with Crippen molar-refractivity contribution in [2.24, 2.45) is 11.5 Å². The second-order valence-electron chi connectivity index (χ2n) is 7.53. The first-order chi connectivity index (χ1) is 16.4. The van der Waals surface area contributed by atoms with Gasteiger partial charge in [0.1, 0.15) is 18.1 Å². The zero-order chi connectivity index (χ0) is 26.5. The van der Waals surface area contributed by atoms with E-state index in [4.69, 9.17) is 16.6 Å². The quantitative estimate of drug-likeness (QED) is 0.1000. The van der Waals surface area contributed by atoms with Crippen LogP contribution in [0.25, 0.3) is 0 Å². The number of carbonyl (C=O) groups excluding carboxylic acids is 4. The molecule has 1 rings (SSSR count). The number of rotatable bonds is 16. The molecular weight excluding hydrogens is 486 g/mol. The number of primary amides is 1. The van der Waals surface area contributed by atoms with Crippen LogP contribution in [0, 0.1) is 0 Å². The molecule has 10 N–H and O–H groups in total.